The summed E-state index contributed by atoms with van der Waals surface area (Å²) in [5, 5.41) is 0. The molecule has 0 aliphatic carbocycles. The van der Waals surface area contributed by atoms with Crippen molar-refractivity contribution >= 4 is 27.5 Å². The Morgan fingerprint density at radius 2 is 1.69 bits per heavy atom. The maximum absolute atomic E-state index is 12.9. The van der Waals surface area contributed by atoms with E-state index in [-0.39, 0.29) is 35.5 Å². The summed E-state index contributed by atoms with van der Waals surface area (Å²) in [6, 6.07) is 14.7. The number of amides is 2. The van der Waals surface area contributed by atoms with Gasteiger partial charge in [-0.1, -0.05) is 44.2 Å². The van der Waals surface area contributed by atoms with Crippen molar-refractivity contribution in [2.75, 3.05) is 31.1 Å². The lowest BCUT2D eigenvalue weighted by Crippen LogP contribution is -2.38. The molecule has 4 rings (SSSR count). The summed E-state index contributed by atoms with van der Waals surface area (Å²) in [6.07, 6.45) is 3.02. The molecule has 7 nitrogen and oxygen atoms in total. The SMILES string of the molecule is CC1CCN(C(=O)CCC(=O)N2CCc3cc(S(=O)(=O)NC[C@@H](C)c4ccccc4)ccc32)CC1. The van der Waals surface area contributed by atoms with Crippen LogP contribution < -0.4 is 9.62 Å². The first-order valence-electron chi connectivity index (χ1n) is 12.5. The van der Waals surface area contributed by atoms with Crippen molar-refractivity contribution in [2.24, 2.45) is 5.92 Å². The first kappa shape index (κ1) is 25.4. The van der Waals surface area contributed by atoms with E-state index in [4.69, 9.17) is 0 Å². The van der Waals surface area contributed by atoms with Gasteiger partial charge in [0.15, 0.2) is 0 Å². The molecule has 2 aliphatic rings. The summed E-state index contributed by atoms with van der Waals surface area (Å²) in [5.41, 5.74) is 2.66. The number of nitrogens with one attached hydrogen (secondary N) is 1. The second-order valence-electron chi connectivity index (χ2n) is 9.81. The Morgan fingerprint density at radius 3 is 2.40 bits per heavy atom. The first-order valence-corrected chi connectivity index (χ1v) is 14.0. The lowest BCUT2D eigenvalue weighted by molar-refractivity contribution is -0.134. The Hall–Kier alpha value is -2.71. The summed E-state index contributed by atoms with van der Waals surface area (Å²) in [5.74, 6) is 0.650. The zero-order chi connectivity index (χ0) is 25.0. The van der Waals surface area contributed by atoms with E-state index >= 15 is 0 Å². The minimum atomic E-state index is -3.66. The third-order valence-corrected chi connectivity index (χ3v) is 8.62. The van der Waals surface area contributed by atoms with Crippen LogP contribution in [0.15, 0.2) is 53.4 Å². The molecule has 0 bridgehead atoms. The number of piperidine rings is 1. The van der Waals surface area contributed by atoms with Gasteiger partial charge in [-0.25, -0.2) is 13.1 Å². The first-order chi connectivity index (χ1) is 16.7. The number of hydrogen-bond donors (Lipinski definition) is 1. The normalized spacial score (nSPS) is 17.3. The molecular formula is C27H35N3O4S. The van der Waals surface area contributed by atoms with E-state index < -0.39 is 10.0 Å². The Labute approximate surface area is 208 Å². The molecule has 0 radical (unpaired) electrons. The highest BCUT2D eigenvalue weighted by Crippen LogP contribution is 2.31. The van der Waals surface area contributed by atoms with Crippen molar-refractivity contribution in [3.63, 3.8) is 0 Å². The summed E-state index contributed by atoms with van der Waals surface area (Å²) in [4.78, 5) is 29.1. The molecule has 1 N–H and O–H groups in total. The molecule has 0 saturated carbocycles. The second kappa shape index (κ2) is 10.9. The van der Waals surface area contributed by atoms with Gasteiger partial charge in [0.05, 0.1) is 4.90 Å². The molecule has 35 heavy (non-hydrogen) atoms. The number of sulfonamides is 1. The smallest absolute Gasteiger partial charge is 0.240 e. The average molecular weight is 498 g/mol. The van der Waals surface area contributed by atoms with Gasteiger partial charge in [-0.2, -0.15) is 0 Å². The molecule has 1 atom stereocenters. The number of carbonyl (C=O) groups excluding carboxylic acids is 2. The number of likely N-dealkylation sites (tertiary alicyclic amines) is 1. The van der Waals surface area contributed by atoms with Gasteiger partial charge in [0.2, 0.25) is 21.8 Å². The Balaban J connectivity index is 1.34. The third kappa shape index (κ3) is 6.11. The molecule has 1 saturated heterocycles. The van der Waals surface area contributed by atoms with Crippen LogP contribution in [0.1, 0.15) is 56.6 Å². The van der Waals surface area contributed by atoms with Crippen LogP contribution in [0.5, 0.6) is 0 Å². The highest BCUT2D eigenvalue weighted by Gasteiger charge is 2.28. The Morgan fingerprint density at radius 1 is 1.00 bits per heavy atom. The minimum Gasteiger partial charge on any atom is -0.343 e. The zero-order valence-corrected chi connectivity index (χ0v) is 21.4. The van der Waals surface area contributed by atoms with Crippen LogP contribution in [-0.4, -0.2) is 51.3 Å². The van der Waals surface area contributed by atoms with E-state index in [1.807, 2.05) is 42.2 Å². The van der Waals surface area contributed by atoms with E-state index in [1.54, 1.807) is 23.1 Å². The standard InChI is InChI=1S/C27H35N3O4S/c1-20-12-15-29(16-13-20)26(31)10-11-27(32)30-17-14-23-18-24(8-9-25(23)30)35(33,34)28-19-21(2)22-6-4-3-5-7-22/h3-9,18,20-21,28H,10-17,19H2,1-2H3/t21-/m1/s1. The van der Waals surface area contributed by atoms with Crippen molar-refractivity contribution < 1.29 is 18.0 Å². The van der Waals surface area contributed by atoms with Gasteiger partial charge < -0.3 is 9.80 Å². The minimum absolute atomic E-state index is 0.0434. The van der Waals surface area contributed by atoms with Crippen molar-refractivity contribution in [3.05, 3.63) is 59.7 Å². The highest BCUT2D eigenvalue weighted by molar-refractivity contribution is 7.89. The number of fused-ring (bicyclic) bond motifs is 1. The predicted octanol–water partition coefficient (Wildman–Crippen LogP) is 3.70. The highest BCUT2D eigenvalue weighted by atomic mass is 32.2. The summed E-state index contributed by atoms with van der Waals surface area (Å²) < 4.78 is 28.5. The molecule has 8 heteroatoms. The third-order valence-electron chi connectivity index (χ3n) is 7.20. The summed E-state index contributed by atoms with van der Waals surface area (Å²) in [7, 11) is -3.66. The van der Waals surface area contributed by atoms with Crippen LogP contribution in [0.3, 0.4) is 0 Å². The maximum Gasteiger partial charge on any atom is 0.240 e. The maximum atomic E-state index is 12.9. The predicted molar refractivity (Wildman–Crippen MR) is 137 cm³/mol. The number of anilines is 1. The van der Waals surface area contributed by atoms with E-state index in [1.165, 1.54) is 0 Å². The van der Waals surface area contributed by atoms with E-state index in [0.29, 0.717) is 25.4 Å². The average Bonchev–Trinajstić information content (AvgIpc) is 3.30. The molecule has 2 aromatic rings. The fourth-order valence-corrected chi connectivity index (χ4v) is 5.97. The van der Waals surface area contributed by atoms with Crippen LogP contribution >= 0.6 is 0 Å². The Kier molecular flexibility index (Phi) is 7.91. The van der Waals surface area contributed by atoms with Crippen LogP contribution in [0.4, 0.5) is 5.69 Å². The van der Waals surface area contributed by atoms with Gasteiger partial charge in [-0.3, -0.25) is 9.59 Å². The number of benzene rings is 2. The van der Waals surface area contributed by atoms with Crippen molar-refractivity contribution in [2.45, 2.75) is 56.8 Å². The van der Waals surface area contributed by atoms with Gasteiger partial charge in [0, 0.05) is 44.7 Å². The molecular weight excluding hydrogens is 462 g/mol. The lowest BCUT2D eigenvalue weighted by Gasteiger charge is -2.30. The molecule has 2 heterocycles. The number of carbonyl (C=O) groups is 2. The number of hydrogen-bond acceptors (Lipinski definition) is 4. The molecule has 2 amide bonds. The van der Waals surface area contributed by atoms with Crippen molar-refractivity contribution in [3.8, 4) is 0 Å². The van der Waals surface area contributed by atoms with E-state index in [2.05, 4.69) is 11.6 Å². The van der Waals surface area contributed by atoms with Crippen LogP contribution in [-0.2, 0) is 26.0 Å². The lowest BCUT2D eigenvalue weighted by atomic mass is 9.99. The molecule has 1 fully saturated rings. The Bertz CT molecular complexity index is 1160. The fourth-order valence-electron chi connectivity index (χ4n) is 4.79. The summed E-state index contributed by atoms with van der Waals surface area (Å²) >= 11 is 0. The number of rotatable bonds is 8. The molecule has 2 aliphatic heterocycles. The van der Waals surface area contributed by atoms with Gasteiger partial charge in [0.25, 0.3) is 0 Å². The van der Waals surface area contributed by atoms with Crippen LogP contribution in [0, 0.1) is 5.92 Å². The topological polar surface area (TPSA) is 86.8 Å². The second-order valence-corrected chi connectivity index (χ2v) is 11.6. The number of nitrogens with zero attached hydrogens (tertiary/aromatic N) is 2. The van der Waals surface area contributed by atoms with Gasteiger partial charge in [-0.15, -0.1) is 0 Å². The molecule has 0 aromatic heterocycles. The largest absolute Gasteiger partial charge is 0.343 e. The molecule has 2 aromatic carbocycles. The van der Waals surface area contributed by atoms with Gasteiger partial charge in [0.1, 0.15) is 0 Å². The van der Waals surface area contributed by atoms with Crippen molar-refractivity contribution in [1.29, 1.82) is 0 Å². The molecule has 188 valence electrons. The van der Waals surface area contributed by atoms with E-state index in [0.717, 1.165) is 42.7 Å². The summed E-state index contributed by atoms with van der Waals surface area (Å²) in [6.45, 7) is 6.55. The van der Waals surface area contributed by atoms with Gasteiger partial charge >= 0.3 is 0 Å². The van der Waals surface area contributed by atoms with Crippen LogP contribution in [0.25, 0.3) is 0 Å². The molecule has 0 spiro atoms. The monoisotopic (exact) mass is 497 g/mol. The fraction of sp³-hybridized carbons (Fsp3) is 0.481. The quantitative estimate of drug-likeness (QED) is 0.603. The van der Waals surface area contributed by atoms with Gasteiger partial charge in [-0.05, 0) is 60.4 Å². The molecule has 0 unspecified atom stereocenters. The van der Waals surface area contributed by atoms with E-state index in [9.17, 15) is 18.0 Å². The van der Waals surface area contributed by atoms with Crippen LogP contribution in [0.2, 0.25) is 0 Å². The zero-order valence-electron chi connectivity index (χ0n) is 20.6. The van der Waals surface area contributed by atoms with Crippen molar-refractivity contribution in [1.82, 2.24) is 9.62 Å².